The van der Waals surface area contributed by atoms with Gasteiger partial charge in [0.05, 0.1) is 0 Å². The van der Waals surface area contributed by atoms with Crippen LogP contribution in [-0.2, 0) is 4.79 Å². The van der Waals surface area contributed by atoms with Gasteiger partial charge in [0.25, 0.3) is 0 Å². The van der Waals surface area contributed by atoms with Crippen molar-refractivity contribution in [2.24, 2.45) is 16.7 Å². The predicted molar refractivity (Wildman–Crippen MR) is 53.1 cm³/mol. The molecule has 0 amide bonds. The molecule has 1 unspecified atom stereocenters. The number of ketones is 1. The van der Waals surface area contributed by atoms with E-state index in [9.17, 15) is 4.79 Å². The minimum Gasteiger partial charge on any atom is -0.300 e. The Labute approximate surface area is 76.6 Å². The number of rotatable bonds is 2. The van der Waals surface area contributed by atoms with E-state index >= 15 is 0 Å². The second kappa shape index (κ2) is 3.20. The van der Waals surface area contributed by atoms with E-state index in [1.54, 1.807) is 6.92 Å². The zero-order chi connectivity index (χ0) is 10.2. The number of hydrogen-bond donors (Lipinski definition) is 0. The summed E-state index contributed by atoms with van der Waals surface area (Å²) < 4.78 is 0. The van der Waals surface area contributed by atoms with Crippen LogP contribution in [0.25, 0.3) is 0 Å². The van der Waals surface area contributed by atoms with Crippen LogP contribution in [-0.4, -0.2) is 5.78 Å². The first-order valence-corrected chi connectivity index (χ1v) is 4.61. The summed E-state index contributed by atoms with van der Waals surface area (Å²) in [5, 5.41) is 0. The minimum absolute atomic E-state index is 0.0683. The molecule has 0 aromatic rings. The first kappa shape index (κ1) is 11.7. The molecule has 72 valence electrons. The van der Waals surface area contributed by atoms with E-state index in [1.807, 2.05) is 6.92 Å². The summed E-state index contributed by atoms with van der Waals surface area (Å²) in [6.07, 6.45) is 0. The van der Waals surface area contributed by atoms with Gasteiger partial charge in [-0.1, -0.05) is 41.5 Å². The number of Topliss-reactive ketones (excluding diaryl/α,β-unsaturated/α-hetero) is 1. The lowest BCUT2D eigenvalue weighted by Crippen LogP contribution is -2.38. The Kier molecular flexibility index (Phi) is 3.11. The van der Waals surface area contributed by atoms with Gasteiger partial charge in [-0.05, 0) is 17.8 Å². The van der Waals surface area contributed by atoms with Crippen LogP contribution in [0.4, 0.5) is 0 Å². The lowest BCUT2D eigenvalue weighted by Gasteiger charge is -2.42. The average Bonchev–Trinajstić information content (AvgIpc) is 1.83. The molecule has 0 saturated heterocycles. The second-order valence-electron chi connectivity index (χ2n) is 5.30. The van der Waals surface area contributed by atoms with Gasteiger partial charge in [-0.25, -0.2) is 0 Å². The van der Waals surface area contributed by atoms with E-state index in [1.165, 1.54) is 0 Å². The Balaban J connectivity index is 4.73. The van der Waals surface area contributed by atoms with Gasteiger partial charge in [-0.3, -0.25) is 4.79 Å². The summed E-state index contributed by atoms with van der Waals surface area (Å²) in [5.74, 6) is 0.424. The third kappa shape index (κ3) is 2.09. The van der Waals surface area contributed by atoms with Crippen molar-refractivity contribution >= 4 is 5.78 Å². The number of carbonyl (C=O) groups excluding carboxylic acids is 1. The molecule has 0 heterocycles. The van der Waals surface area contributed by atoms with E-state index in [0.29, 0.717) is 0 Å². The first-order valence-electron chi connectivity index (χ1n) is 4.61. The smallest absolute Gasteiger partial charge is 0.133 e. The quantitative estimate of drug-likeness (QED) is 0.621. The highest BCUT2D eigenvalue weighted by atomic mass is 16.1. The van der Waals surface area contributed by atoms with Gasteiger partial charge >= 0.3 is 0 Å². The molecule has 1 nitrogen and oxygen atoms in total. The molecule has 0 bridgehead atoms. The normalized spacial score (nSPS) is 15.9. The van der Waals surface area contributed by atoms with Crippen molar-refractivity contribution in [2.75, 3.05) is 0 Å². The van der Waals surface area contributed by atoms with Gasteiger partial charge < -0.3 is 0 Å². The summed E-state index contributed by atoms with van der Waals surface area (Å²) in [6, 6.07) is 0. The highest BCUT2D eigenvalue weighted by molar-refractivity contribution is 5.78. The summed E-state index contributed by atoms with van der Waals surface area (Å²) in [6.45, 7) is 14.6. The van der Waals surface area contributed by atoms with Crippen LogP contribution in [0.3, 0.4) is 0 Å². The van der Waals surface area contributed by atoms with Crippen molar-refractivity contribution in [1.29, 1.82) is 0 Å². The van der Waals surface area contributed by atoms with Gasteiger partial charge in [0.1, 0.15) is 5.78 Å². The number of hydrogen-bond acceptors (Lipinski definition) is 1. The van der Waals surface area contributed by atoms with Crippen LogP contribution in [0.15, 0.2) is 0 Å². The molecular formula is C11H22O. The molecule has 0 aliphatic rings. The predicted octanol–water partition coefficient (Wildman–Crippen LogP) is 3.28. The minimum atomic E-state index is 0.0683. The maximum Gasteiger partial charge on any atom is 0.133 e. The van der Waals surface area contributed by atoms with Crippen LogP contribution < -0.4 is 0 Å². The maximum atomic E-state index is 11.2. The standard InChI is InChI=1S/C11H22O/c1-8(9(2)12)11(6,7)10(3,4)5/h8H,1-7H3. The molecule has 0 radical (unpaired) electrons. The Morgan fingerprint density at radius 3 is 1.50 bits per heavy atom. The van der Waals surface area contributed by atoms with Crippen molar-refractivity contribution in [3.63, 3.8) is 0 Å². The van der Waals surface area contributed by atoms with Crippen molar-refractivity contribution in [3.8, 4) is 0 Å². The fourth-order valence-corrected chi connectivity index (χ4v) is 1.16. The second-order valence-corrected chi connectivity index (χ2v) is 5.30. The highest BCUT2D eigenvalue weighted by Crippen LogP contribution is 2.44. The summed E-state index contributed by atoms with van der Waals surface area (Å²) in [5.41, 5.74) is 0.247. The molecule has 1 heteroatoms. The lowest BCUT2D eigenvalue weighted by molar-refractivity contribution is -0.126. The number of carbonyl (C=O) groups is 1. The van der Waals surface area contributed by atoms with E-state index in [2.05, 4.69) is 34.6 Å². The highest BCUT2D eigenvalue weighted by Gasteiger charge is 2.39. The van der Waals surface area contributed by atoms with Crippen molar-refractivity contribution < 1.29 is 4.79 Å². The third-order valence-corrected chi connectivity index (χ3v) is 3.63. The molecule has 12 heavy (non-hydrogen) atoms. The average molecular weight is 170 g/mol. The van der Waals surface area contributed by atoms with Crippen LogP contribution >= 0.6 is 0 Å². The van der Waals surface area contributed by atoms with E-state index in [-0.39, 0.29) is 22.5 Å². The maximum absolute atomic E-state index is 11.2. The molecule has 0 aliphatic carbocycles. The van der Waals surface area contributed by atoms with Crippen molar-refractivity contribution in [2.45, 2.75) is 48.5 Å². The Morgan fingerprint density at radius 1 is 1.08 bits per heavy atom. The SMILES string of the molecule is CC(=O)C(C)C(C)(C)C(C)(C)C. The molecule has 0 N–H and O–H groups in total. The molecule has 0 aliphatic heterocycles. The van der Waals surface area contributed by atoms with Gasteiger partial charge in [0.2, 0.25) is 0 Å². The molecule has 0 fully saturated rings. The Morgan fingerprint density at radius 2 is 1.42 bits per heavy atom. The van der Waals surface area contributed by atoms with Gasteiger partial charge in [-0.2, -0.15) is 0 Å². The fourth-order valence-electron chi connectivity index (χ4n) is 1.16. The Hall–Kier alpha value is -0.330. The summed E-state index contributed by atoms with van der Waals surface area (Å²) in [4.78, 5) is 11.2. The lowest BCUT2D eigenvalue weighted by atomic mass is 9.62. The molecule has 1 atom stereocenters. The fraction of sp³-hybridized carbons (Fsp3) is 0.909. The largest absolute Gasteiger partial charge is 0.300 e. The van der Waals surface area contributed by atoms with Crippen molar-refractivity contribution in [3.05, 3.63) is 0 Å². The molecule has 0 aromatic carbocycles. The van der Waals surface area contributed by atoms with Crippen LogP contribution in [0.2, 0.25) is 0 Å². The van der Waals surface area contributed by atoms with Gasteiger partial charge in [0.15, 0.2) is 0 Å². The Bertz CT molecular complexity index is 172. The molecule has 0 spiro atoms. The van der Waals surface area contributed by atoms with Gasteiger partial charge in [0, 0.05) is 5.92 Å². The van der Waals surface area contributed by atoms with E-state index in [0.717, 1.165) is 0 Å². The van der Waals surface area contributed by atoms with Gasteiger partial charge in [-0.15, -0.1) is 0 Å². The molecular weight excluding hydrogens is 148 g/mol. The third-order valence-electron chi connectivity index (χ3n) is 3.63. The zero-order valence-corrected chi connectivity index (χ0v) is 9.49. The molecule has 0 rings (SSSR count). The summed E-state index contributed by atoms with van der Waals surface area (Å²) >= 11 is 0. The first-order chi connectivity index (χ1) is 5.10. The van der Waals surface area contributed by atoms with E-state index in [4.69, 9.17) is 0 Å². The van der Waals surface area contributed by atoms with Crippen LogP contribution in [0, 0.1) is 16.7 Å². The zero-order valence-electron chi connectivity index (χ0n) is 9.49. The monoisotopic (exact) mass is 170 g/mol. The summed E-state index contributed by atoms with van der Waals surface area (Å²) in [7, 11) is 0. The van der Waals surface area contributed by atoms with Crippen LogP contribution in [0.5, 0.6) is 0 Å². The van der Waals surface area contributed by atoms with E-state index < -0.39 is 0 Å². The molecule has 0 aromatic heterocycles. The van der Waals surface area contributed by atoms with Crippen molar-refractivity contribution in [1.82, 2.24) is 0 Å². The topological polar surface area (TPSA) is 17.1 Å². The van der Waals surface area contributed by atoms with Crippen LogP contribution in [0.1, 0.15) is 48.5 Å². The molecule has 0 saturated carbocycles.